The molecule has 1 aliphatic heterocycles. The Balaban J connectivity index is 1.98. The first-order valence-corrected chi connectivity index (χ1v) is 12.6. The number of nitrogens with one attached hydrogen (secondary N) is 4. The van der Waals surface area contributed by atoms with Crippen LogP contribution in [0.2, 0.25) is 0 Å². The van der Waals surface area contributed by atoms with Crippen molar-refractivity contribution in [2.45, 2.75) is 12.8 Å². The van der Waals surface area contributed by atoms with E-state index < -0.39 is 17.7 Å². The molecule has 0 bridgehead atoms. The topological polar surface area (TPSA) is 163 Å². The molecule has 14 heteroatoms. The van der Waals surface area contributed by atoms with E-state index in [-0.39, 0.29) is 43.6 Å². The van der Waals surface area contributed by atoms with Crippen LogP contribution in [0.5, 0.6) is 0 Å². The van der Waals surface area contributed by atoms with E-state index in [9.17, 15) is 24.0 Å². The first-order chi connectivity index (χ1) is 13.9. The smallest absolute Gasteiger partial charge is 0.293 e. The van der Waals surface area contributed by atoms with Crippen LogP contribution >= 0.6 is 31.4 Å². The Morgan fingerprint density at radius 3 is 2.24 bits per heavy atom. The van der Waals surface area contributed by atoms with Crippen LogP contribution in [0.1, 0.15) is 12.8 Å². The number of carbonyl (C=O) groups excluding carboxylic acids is 5. The first-order valence-electron chi connectivity index (χ1n) is 8.92. The third-order valence-corrected chi connectivity index (χ3v) is 7.36. The highest BCUT2D eigenvalue weighted by molar-refractivity contribution is 9.12. The Morgan fingerprint density at radius 1 is 0.897 bits per heavy atom. The van der Waals surface area contributed by atoms with E-state index in [1.807, 2.05) is 0 Å². The molecule has 6 N–H and O–H groups in total. The van der Waals surface area contributed by atoms with Crippen molar-refractivity contribution >= 4 is 60.3 Å². The molecular weight excluding hydrogens is 440 g/mol. The Hall–Kier alpha value is -1.64. The van der Waals surface area contributed by atoms with E-state index in [4.69, 9.17) is 5.73 Å². The standard InChI is InChI=1S/C15H26N6O5S3/c16-11(22)9-19-12(23)1-3-18-14(25)10-20-13(24)2-8-27-29-28-15(26)21-6-4-17-5-7-21/h17H,1-10H2,(H2,16,22)(H,18,25)(H,19,23)(H,20,24). The molecule has 0 spiro atoms. The lowest BCUT2D eigenvalue weighted by Gasteiger charge is -2.26. The van der Waals surface area contributed by atoms with Gasteiger partial charge in [0.05, 0.1) is 13.1 Å². The maximum Gasteiger partial charge on any atom is 0.293 e. The van der Waals surface area contributed by atoms with Gasteiger partial charge in [-0.05, 0) is 9.83 Å². The minimum atomic E-state index is -0.647. The summed E-state index contributed by atoms with van der Waals surface area (Å²) in [4.78, 5) is 58.9. The first kappa shape index (κ1) is 25.4. The second-order valence-corrected chi connectivity index (χ2v) is 9.98. The third kappa shape index (κ3) is 13.2. The highest BCUT2D eigenvalue weighted by atomic mass is 33.5. The minimum absolute atomic E-state index is 0.00512. The molecule has 5 amide bonds. The van der Waals surface area contributed by atoms with Gasteiger partial charge in [0.15, 0.2) is 0 Å². The molecule has 1 heterocycles. The minimum Gasteiger partial charge on any atom is -0.368 e. The van der Waals surface area contributed by atoms with Crippen molar-refractivity contribution < 1.29 is 24.0 Å². The second kappa shape index (κ2) is 15.2. The van der Waals surface area contributed by atoms with Gasteiger partial charge < -0.3 is 31.9 Å². The predicted molar refractivity (Wildman–Crippen MR) is 115 cm³/mol. The number of amides is 5. The van der Waals surface area contributed by atoms with Gasteiger partial charge >= 0.3 is 0 Å². The molecule has 0 aliphatic carbocycles. The maximum absolute atomic E-state index is 11.9. The van der Waals surface area contributed by atoms with Gasteiger partial charge in [-0.25, -0.2) is 0 Å². The van der Waals surface area contributed by atoms with Crippen molar-refractivity contribution in [2.24, 2.45) is 5.73 Å². The molecule has 29 heavy (non-hydrogen) atoms. The van der Waals surface area contributed by atoms with Gasteiger partial charge in [0.25, 0.3) is 5.24 Å². The number of carbonyl (C=O) groups is 5. The van der Waals surface area contributed by atoms with Crippen molar-refractivity contribution in [1.82, 2.24) is 26.2 Å². The third-order valence-electron chi connectivity index (χ3n) is 3.52. The van der Waals surface area contributed by atoms with Crippen LogP contribution in [0.3, 0.4) is 0 Å². The normalized spacial score (nSPS) is 13.4. The molecule has 1 fully saturated rings. The largest absolute Gasteiger partial charge is 0.368 e. The van der Waals surface area contributed by atoms with E-state index in [2.05, 4.69) is 21.3 Å². The van der Waals surface area contributed by atoms with Crippen LogP contribution < -0.4 is 27.0 Å². The average molecular weight is 467 g/mol. The van der Waals surface area contributed by atoms with Gasteiger partial charge in [0.1, 0.15) is 0 Å². The monoisotopic (exact) mass is 466 g/mol. The van der Waals surface area contributed by atoms with E-state index in [1.165, 1.54) is 20.6 Å². The molecule has 0 aromatic carbocycles. The SMILES string of the molecule is NC(=O)CNC(=O)CCNC(=O)CNC(=O)CCSSSC(=O)N1CCNCC1. The molecule has 0 radical (unpaired) electrons. The predicted octanol–water partition coefficient (Wildman–Crippen LogP) is -1.34. The molecule has 1 rings (SSSR count). The van der Waals surface area contributed by atoms with Gasteiger partial charge in [-0.2, -0.15) is 0 Å². The van der Waals surface area contributed by atoms with Crippen molar-refractivity contribution in [3.63, 3.8) is 0 Å². The zero-order chi connectivity index (χ0) is 21.5. The summed E-state index contributed by atoms with van der Waals surface area (Å²) in [5.41, 5.74) is 4.89. The zero-order valence-electron chi connectivity index (χ0n) is 15.9. The lowest BCUT2D eigenvalue weighted by Crippen LogP contribution is -2.44. The van der Waals surface area contributed by atoms with E-state index in [0.29, 0.717) is 18.8 Å². The average Bonchev–Trinajstić information content (AvgIpc) is 2.71. The van der Waals surface area contributed by atoms with Crippen molar-refractivity contribution in [1.29, 1.82) is 0 Å². The Labute approximate surface area is 180 Å². The number of nitrogens with two attached hydrogens (primary N) is 1. The number of hydrogen-bond donors (Lipinski definition) is 5. The summed E-state index contributed by atoms with van der Waals surface area (Å²) >= 11 is 0. The highest BCUT2D eigenvalue weighted by Gasteiger charge is 2.17. The van der Waals surface area contributed by atoms with Crippen molar-refractivity contribution in [3.8, 4) is 0 Å². The van der Waals surface area contributed by atoms with Crippen molar-refractivity contribution in [3.05, 3.63) is 0 Å². The highest BCUT2D eigenvalue weighted by Crippen LogP contribution is 2.36. The van der Waals surface area contributed by atoms with E-state index in [0.717, 1.165) is 23.9 Å². The lowest BCUT2D eigenvalue weighted by molar-refractivity contribution is -0.126. The van der Waals surface area contributed by atoms with Gasteiger partial charge in [-0.15, -0.1) is 0 Å². The molecule has 0 saturated carbocycles. The zero-order valence-corrected chi connectivity index (χ0v) is 18.3. The molecule has 0 aromatic rings. The van der Waals surface area contributed by atoms with Gasteiger partial charge in [-0.3, -0.25) is 24.0 Å². The fourth-order valence-electron chi connectivity index (χ4n) is 2.04. The fraction of sp³-hybridized carbons (Fsp3) is 0.667. The quantitative estimate of drug-likeness (QED) is 0.173. The fourth-order valence-corrected chi connectivity index (χ4v) is 5.43. The van der Waals surface area contributed by atoms with Crippen LogP contribution in [-0.4, -0.2) is 85.3 Å². The van der Waals surface area contributed by atoms with Crippen LogP contribution in [0.4, 0.5) is 4.79 Å². The molecule has 11 nitrogen and oxygen atoms in total. The molecule has 164 valence electrons. The molecule has 1 aliphatic rings. The summed E-state index contributed by atoms with van der Waals surface area (Å²) in [5, 5.41) is 10.5. The summed E-state index contributed by atoms with van der Waals surface area (Å²) in [6, 6.07) is 0. The van der Waals surface area contributed by atoms with Crippen molar-refractivity contribution in [2.75, 3.05) is 51.6 Å². The summed E-state index contributed by atoms with van der Waals surface area (Å²) in [5.74, 6) is -1.23. The summed E-state index contributed by atoms with van der Waals surface area (Å²) in [6.07, 6.45) is 0.230. The second-order valence-electron chi connectivity index (χ2n) is 5.85. The molecule has 0 unspecified atom stereocenters. The summed E-state index contributed by atoms with van der Waals surface area (Å²) in [7, 11) is 3.90. The lowest BCUT2D eigenvalue weighted by atomic mass is 10.3. The number of primary amides is 1. The van der Waals surface area contributed by atoms with Crippen LogP contribution in [0.15, 0.2) is 0 Å². The van der Waals surface area contributed by atoms with Gasteiger partial charge in [0, 0.05) is 62.1 Å². The van der Waals surface area contributed by atoms with E-state index >= 15 is 0 Å². The van der Waals surface area contributed by atoms with Gasteiger partial charge in [0.2, 0.25) is 23.6 Å². The Bertz CT molecular complexity index is 589. The number of piperazine rings is 1. The van der Waals surface area contributed by atoms with Gasteiger partial charge in [-0.1, -0.05) is 10.8 Å². The Morgan fingerprint density at radius 2 is 1.55 bits per heavy atom. The summed E-state index contributed by atoms with van der Waals surface area (Å²) in [6.45, 7) is 2.68. The Kier molecular flexibility index (Phi) is 13.3. The van der Waals surface area contributed by atoms with E-state index in [1.54, 1.807) is 4.90 Å². The van der Waals surface area contributed by atoms with Crippen LogP contribution in [0.25, 0.3) is 0 Å². The van der Waals surface area contributed by atoms with Crippen LogP contribution in [-0.2, 0) is 19.2 Å². The number of rotatable bonds is 12. The summed E-state index contributed by atoms with van der Waals surface area (Å²) < 4.78 is 0. The van der Waals surface area contributed by atoms with Crippen LogP contribution in [0, 0.1) is 0 Å². The molecule has 1 saturated heterocycles. The molecule has 0 atom stereocenters. The molecule has 0 aromatic heterocycles. The number of hydrogen-bond acceptors (Lipinski definition) is 9. The maximum atomic E-state index is 11.9. The number of nitrogens with zero attached hydrogens (tertiary/aromatic N) is 1. The molecular formula is C15H26N6O5S3.